The van der Waals surface area contributed by atoms with Gasteiger partial charge in [-0.25, -0.2) is 4.98 Å². The molecule has 0 amide bonds. The minimum atomic E-state index is 0.673. The molecule has 0 fully saturated rings. The van der Waals surface area contributed by atoms with E-state index in [4.69, 9.17) is 9.47 Å². The maximum atomic E-state index is 5.32. The fourth-order valence-corrected chi connectivity index (χ4v) is 2.75. The quantitative estimate of drug-likeness (QED) is 0.768. The van der Waals surface area contributed by atoms with Crippen LogP contribution in [0.25, 0.3) is 22.4 Å². The Morgan fingerprint density at radius 3 is 2.52 bits per heavy atom. The lowest BCUT2D eigenvalue weighted by molar-refractivity contribution is 0.356. The van der Waals surface area contributed by atoms with E-state index in [9.17, 15) is 0 Å². The number of methoxy groups -OCH3 is 2. The minimum absolute atomic E-state index is 0.673. The van der Waals surface area contributed by atoms with Crippen molar-refractivity contribution in [1.82, 2.24) is 9.97 Å². The first-order valence-corrected chi connectivity index (χ1v) is 7.30. The van der Waals surface area contributed by atoms with Crippen LogP contribution in [0.1, 0.15) is 5.56 Å². The molecule has 1 N–H and O–H groups in total. The first kappa shape index (κ1) is 13.9. The summed E-state index contributed by atoms with van der Waals surface area (Å²) >= 11 is 3.62. The fraction of sp³-hybridized carbons (Fsp3) is 0.188. The van der Waals surface area contributed by atoms with Gasteiger partial charge in [0, 0.05) is 22.2 Å². The zero-order chi connectivity index (χ0) is 15.0. The number of imidazole rings is 1. The molecule has 0 aliphatic rings. The van der Waals surface area contributed by atoms with Gasteiger partial charge in [-0.1, -0.05) is 18.2 Å². The molecule has 0 aliphatic heterocycles. The predicted molar refractivity (Wildman–Crippen MR) is 87.1 cm³/mol. The van der Waals surface area contributed by atoms with E-state index in [-0.39, 0.29) is 0 Å². The van der Waals surface area contributed by atoms with Crippen LogP contribution in [0, 0.1) is 6.92 Å². The number of aromatic amines is 1. The molecule has 1 heterocycles. The Hall–Kier alpha value is -2.01. The Morgan fingerprint density at radius 1 is 1.10 bits per heavy atom. The summed E-state index contributed by atoms with van der Waals surface area (Å²) in [6.07, 6.45) is 0. The molecule has 0 aliphatic carbocycles. The second kappa shape index (κ2) is 5.41. The predicted octanol–water partition coefficient (Wildman–Crippen LogP) is 4.32. The van der Waals surface area contributed by atoms with Crippen LogP contribution in [0.15, 0.2) is 34.8 Å². The van der Waals surface area contributed by atoms with Crippen LogP contribution < -0.4 is 9.47 Å². The molecule has 0 saturated heterocycles. The molecule has 2 aromatic carbocycles. The van der Waals surface area contributed by atoms with Gasteiger partial charge in [-0.15, -0.1) is 0 Å². The second-order valence-corrected chi connectivity index (χ2v) is 5.54. The third kappa shape index (κ3) is 2.38. The van der Waals surface area contributed by atoms with E-state index in [1.807, 2.05) is 24.3 Å². The Morgan fingerprint density at radius 2 is 1.81 bits per heavy atom. The van der Waals surface area contributed by atoms with E-state index in [0.29, 0.717) is 11.5 Å². The van der Waals surface area contributed by atoms with Crippen molar-refractivity contribution in [3.05, 3.63) is 40.4 Å². The zero-order valence-corrected chi connectivity index (χ0v) is 13.6. The number of H-pyrrole nitrogens is 1. The van der Waals surface area contributed by atoms with Gasteiger partial charge < -0.3 is 14.5 Å². The molecular formula is C16H15BrN2O2. The van der Waals surface area contributed by atoms with Gasteiger partial charge in [0.25, 0.3) is 0 Å². The SMILES string of the molecule is COc1cc2nc(-c3cccc(C)c3Br)[nH]c2cc1OC. The summed E-state index contributed by atoms with van der Waals surface area (Å²) in [5.74, 6) is 2.17. The molecule has 1 aromatic heterocycles. The van der Waals surface area contributed by atoms with Crippen molar-refractivity contribution >= 4 is 27.0 Å². The highest BCUT2D eigenvalue weighted by molar-refractivity contribution is 9.10. The molecule has 0 spiro atoms. The van der Waals surface area contributed by atoms with Crippen LogP contribution in [-0.2, 0) is 0 Å². The standard InChI is InChI=1S/C16H15BrN2O2/c1-9-5-4-6-10(15(9)17)16-18-11-7-13(20-2)14(21-3)8-12(11)19-16/h4-8H,1-3H3,(H,18,19). The topological polar surface area (TPSA) is 47.1 Å². The van der Waals surface area contributed by atoms with E-state index in [1.165, 1.54) is 5.56 Å². The molecule has 0 atom stereocenters. The van der Waals surface area contributed by atoms with Crippen LogP contribution in [-0.4, -0.2) is 24.2 Å². The highest BCUT2D eigenvalue weighted by Gasteiger charge is 2.13. The van der Waals surface area contributed by atoms with Crippen molar-refractivity contribution in [2.75, 3.05) is 14.2 Å². The van der Waals surface area contributed by atoms with E-state index in [2.05, 4.69) is 38.9 Å². The maximum absolute atomic E-state index is 5.32. The Balaban J connectivity index is 2.19. The number of nitrogens with zero attached hydrogens (tertiary/aromatic N) is 1. The van der Waals surface area contributed by atoms with E-state index >= 15 is 0 Å². The zero-order valence-electron chi connectivity index (χ0n) is 12.0. The van der Waals surface area contributed by atoms with Gasteiger partial charge in [0.1, 0.15) is 5.82 Å². The molecule has 0 radical (unpaired) electrons. The fourth-order valence-electron chi connectivity index (χ4n) is 2.29. The average Bonchev–Trinajstić information content (AvgIpc) is 2.90. The smallest absolute Gasteiger partial charge is 0.163 e. The second-order valence-electron chi connectivity index (χ2n) is 4.75. The van der Waals surface area contributed by atoms with Gasteiger partial charge in [0.15, 0.2) is 11.5 Å². The normalized spacial score (nSPS) is 10.9. The van der Waals surface area contributed by atoms with Crippen molar-refractivity contribution < 1.29 is 9.47 Å². The Labute approximate surface area is 131 Å². The summed E-state index contributed by atoms with van der Waals surface area (Å²) in [6.45, 7) is 2.06. The van der Waals surface area contributed by atoms with Gasteiger partial charge in [0.2, 0.25) is 0 Å². The summed E-state index contributed by atoms with van der Waals surface area (Å²) in [5, 5.41) is 0. The first-order valence-electron chi connectivity index (χ1n) is 6.51. The van der Waals surface area contributed by atoms with E-state index < -0.39 is 0 Å². The number of nitrogens with one attached hydrogen (secondary N) is 1. The lowest BCUT2D eigenvalue weighted by Gasteiger charge is -2.06. The molecule has 4 nitrogen and oxygen atoms in total. The van der Waals surface area contributed by atoms with Crippen LogP contribution in [0.5, 0.6) is 11.5 Å². The molecule has 0 saturated carbocycles. The lowest BCUT2D eigenvalue weighted by atomic mass is 10.1. The van der Waals surface area contributed by atoms with Gasteiger partial charge in [-0.05, 0) is 28.4 Å². The monoisotopic (exact) mass is 346 g/mol. The van der Waals surface area contributed by atoms with Crippen LogP contribution in [0.2, 0.25) is 0 Å². The highest BCUT2D eigenvalue weighted by atomic mass is 79.9. The van der Waals surface area contributed by atoms with Gasteiger partial charge in [0.05, 0.1) is 25.3 Å². The largest absolute Gasteiger partial charge is 0.493 e. The number of rotatable bonds is 3. The molecule has 0 bridgehead atoms. The maximum Gasteiger partial charge on any atom is 0.163 e. The first-order chi connectivity index (χ1) is 10.1. The van der Waals surface area contributed by atoms with Gasteiger partial charge >= 0.3 is 0 Å². The number of benzene rings is 2. The molecule has 3 aromatic rings. The number of fused-ring (bicyclic) bond motifs is 1. The summed E-state index contributed by atoms with van der Waals surface area (Å²) in [5.41, 5.74) is 3.96. The van der Waals surface area contributed by atoms with Crippen molar-refractivity contribution in [2.24, 2.45) is 0 Å². The number of ether oxygens (including phenoxy) is 2. The Kier molecular flexibility index (Phi) is 3.59. The van der Waals surface area contributed by atoms with Gasteiger partial charge in [-0.2, -0.15) is 0 Å². The molecule has 3 rings (SSSR count). The summed E-state index contributed by atoms with van der Waals surface area (Å²) < 4.78 is 11.7. The van der Waals surface area contributed by atoms with Gasteiger partial charge in [-0.3, -0.25) is 0 Å². The van der Waals surface area contributed by atoms with Crippen LogP contribution in [0.4, 0.5) is 0 Å². The van der Waals surface area contributed by atoms with Crippen molar-refractivity contribution in [3.63, 3.8) is 0 Å². The van der Waals surface area contributed by atoms with E-state index in [1.54, 1.807) is 14.2 Å². The molecule has 0 unspecified atom stereocenters. The summed E-state index contributed by atoms with van der Waals surface area (Å²) in [6, 6.07) is 9.88. The summed E-state index contributed by atoms with van der Waals surface area (Å²) in [7, 11) is 3.24. The van der Waals surface area contributed by atoms with Crippen molar-refractivity contribution in [1.29, 1.82) is 0 Å². The third-order valence-electron chi connectivity index (χ3n) is 3.43. The molecule has 5 heteroatoms. The average molecular weight is 347 g/mol. The molecular weight excluding hydrogens is 332 g/mol. The Bertz CT molecular complexity index is 770. The number of hydrogen-bond donors (Lipinski definition) is 1. The number of aromatic nitrogens is 2. The minimum Gasteiger partial charge on any atom is -0.493 e. The van der Waals surface area contributed by atoms with E-state index in [0.717, 1.165) is 26.9 Å². The molecule has 108 valence electrons. The molecule has 21 heavy (non-hydrogen) atoms. The van der Waals surface area contributed by atoms with Crippen molar-refractivity contribution in [2.45, 2.75) is 6.92 Å². The van der Waals surface area contributed by atoms with Crippen molar-refractivity contribution in [3.8, 4) is 22.9 Å². The summed E-state index contributed by atoms with van der Waals surface area (Å²) in [4.78, 5) is 7.98. The third-order valence-corrected chi connectivity index (χ3v) is 4.49. The number of hydrogen-bond acceptors (Lipinski definition) is 3. The number of halogens is 1. The number of aryl methyl sites for hydroxylation is 1. The lowest BCUT2D eigenvalue weighted by Crippen LogP contribution is -1.89. The highest BCUT2D eigenvalue weighted by Crippen LogP contribution is 2.34. The van der Waals surface area contributed by atoms with Crippen LogP contribution in [0.3, 0.4) is 0 Å². The van der Waals surface area contributed by atoms with Crippen LogP contribution >= 0.6 is 15.9 Å².